The van der Waals surface area contributed by atoms with E-state index in [0.29, 0.717) is 42.2 Å². The molecule has 8 nitrogen and oxygen atoms in total. The summed E-state index contributed by atoms with van der Waals surface area (Å²) in [5, 5.41) is 6.18. The minimum Gasteiger partial charge on any atom is -0.366 e. The Morgan fingerprint density at radius 3 is 3.00 bits per heavy atom. The molecule has 2 aromatic rings. The fraction of sp³-hybridized carbons (Fsp3) is 0.444. The molecule has 2 aromatic heterocycles. The number of nitrogens with zero attached hydrogens (tertiary/aromatic N) is 3. The van der Waals surface area contributed by atoms with Gasteiger partial charge < -0.3 is 20.5 Å². The SMILES string of the molecule is C=CC(=O)N1CC[C@@H](Nc2cnc3[nH]cc(C(=O)NCC)c3n2)[C@H](C)C1. The van der Waals surface area contributed by atoms with Crippen molar-refractivity contribution < 1.29 is 9.59 Å². The highest BCUT2D eigenvalue weighted by atomic mass is 16.2. The van der Waals surface area contributed by atoms with Gasteiger partial charge in [0.15, 0.2) is 5.65 Å². The first-order valence-electron chi connectivity index (χ1n) is 8.83. The summed E-state index contributed by atoms with van der Waals surface area (Å²) in [6.45, 7) is 9.42. The van der Waals surface area contributed by atoms with E-state index >= 15 is 0 Å². The van der Waals surface area contributed by atoms with Gasteiger partial charge in [-0.05, 0) is 25.3 Å². The van der Waals surface area contributed by atoms with Crippen molar-refractivity contribution in [2.75, 3.05) is 25.0 Å². The lowest BCUT2D eigenvalue weighted by atomic mass is 9.94. The monoisotopic (exact) mass is 356 g/mol. The van der Waals surface area contributed by atoms with Crippen molar-refractivity contribution in [1.29, 1.82) is 0 Å². The highest BCUT2D eigenvalue weighted by molar-refractivity contribution is 6.04. The van der Waals surface area contributed by atoms with Gasteiger partial charge in [0.2, 0.25) is 5.91 Å². The highest BCUT2D eigenvalue weighted by Gasteiger charge is 2.28. The summed E-state index contributed by atoms with van der Waals surface area (Å²) in [6, 6.07) is 0.183. The molecule has 0 bridgehead atoms. The Bertz CT molecular complexity index is 830. The van der Waals surface area contributed by atoms with E-state index in [9.17, 15) is 9.59 Å². The predicted octanol–water partition coefficient (Wildman–Crippen LogP) is 1.54. The van der Waals surface area contributed by atoms with E-state index in [1.807, 2.05) is 11.8 Å². The van der Waals surface area contributed by atoms with Gasteiger partial charge in [-0.15, -0.1) is 0 Å². The molecule has 138 valence electrons. The number of carbonyl (C=O) groups is 2. The largest absolute Gasteiger partial charge is 0.366 e. The van der Waals surface area contributed by atoms with Crippen molar-refractivity contribution in [1.82, 2.24) is 25.2 Å². The molecule has 0 unspecified atom stereocenters. The molecule has 1 aliphatic heterocycles. The second-order valence-corrected chi connectivity index (χ2v) is 6.52. The van der Waals surface area contributed by atoms with Crippen LogP contribution in [0, 0.1) is 5.92 Å². The van der Waals surface area contributed by atoms with Gasteiger partial charge in [-0.1, -0.05) is 13.5 Å². The van der Waals surface area contributed by atoms with Crippen LogP contribution in [0.5, 0.6) is 0 Å². The smallest absolute Gasteiger partial charge is 0.255 e. The Hall–Kier alpha value is -2.90. The molecular weight excluding hydrogens is 332 g/mol. The maximum absolute atomic E-state index is 12.1. The molecule has 0 saturated carbocycles. The molecule has 3 N–H and O–H groups in total. The number of carbonyl (C=O) groups excluding carboxylic acids is 2. The molecule has 0 aliphatic carbocycles. The Balaban J connectivity index is 1.75. The molecule has 3 heterocycles. The molecule has 0 radical (unpaired) electrons. The number of likely N-dealkylation sites (tertiary alicyclic amines) is 1. The number of hydrogen-bond donors (Lipinski definition) is 3. The standard InChI is InChI=1S/C18H24N6O2/c1-4-15(25)24-7-6-13(11(3)10-24)22-14-9-21-17-16(23-14)12(8-20-17)18(26)19-5-2/h4,8-9,11,13H,1,5-7,10H2,2-3H3,(H,19,26)(H,20,21)(H,22,23)/t11-,13-/m1/s1. The third-order valence-corrected chi connectivity index (χ3v) is 4.69. The third kappa shape index (κ3) is 3.54. The lowest BCUT2D eigenvalue weighted by Gasteiger charge is -2.37. The number of nitrogens with one attached hydrogen (secondary N) is 3. The Kier molecular flexibility index (Phi) is 5.20. The van der Waals surface area contributed by atoms with Gasteiger partial charge in [0.25, 0.3) is 5.91 Å². The molecule has 1 fully saturated rings. The topological polar surface area (TPSA) is 103 Å². The molecule has 26 heavy (non-hydrogen) atoms. The Morgan fingerprint density at radius 1 is 1.50 bits per heavy atom. The predicted molar refractivity (Wildman–Crippen MR) is 99.9 cm³/mol. The first kappa shape index (κ1) is 17.9. The van der Waals surface area contributed by atoms with E-state index in [2.05, 4.69) is 39.1 Å². The maximum atomic E-state index is 12.1. The average molecular weight is 356 g/mol. The van der Waals surface area contributed by atoms with E-state index < -0.39 is 0 Å². The normalized spacial score (nSPS) is 20.0. The number of H-pyrrole nitrogens is 1. The van der Waals surface area contributed by atoms with Crippen molar-refractivity contribution in [3.8, 4) is 0 Å². The molecule has 8 heteroatoms. The maximum Gasteiger partial charge on any atom is 0.255 e. The minimum absolute atomic E-state index is 0.0320. The minimum atomic E-state index is -0.171. The van der Waals surface area contributed by atoms with E-state index in [1.54, 1.807) is 12.4 Å². The van der Waals surface area contributed by atoms with Crippen LogP contribution in [0.15, 0.2) is 25.0 Å². The van der Waals surface area contributed by atoms with E-state index in [0.717, 1.165) is 6.42 Å². The molecule has 1 saturated heterocycles. The van der Waals surface area contributed by atoms with Crippen LogP contribution >= 0.6 is 0 Å². The summed E-state index contributed by atoms with van der Waals surface area (Å²) >= 11 is 0. The number of hydrogen-bond acceptors (Lipinski definition) is 5. The van der Waals surface area contributed by atoms with Crippen LogP contribution in [0.25, 0.3) is 11.2 Å². The van der Waals surface area contributed by atoms with Crippen LogP contribution in [0.3, 0.4) is 0 Å². The molecule has 1 aliphatic rings. The number of aromatic nitrogens is 3. The first-order chi connectivity index (χ1) is 12.5. The van der Waals surface area contributed by atoms with Crippen LogP contribution < -0.4 is 10.6 Å². The van der Waals surface area contributed by atoms with Crippen LogP contribution in [-0.2, 0) is 4.79 Å². The summed E-state index contributed by atoms with van der Waals surface area (Å²) in [5.41, 5.74) is 1.61. The van der Waals surface area contributed by atoms with Crippen molar-refractivity contribution in [2.45, 2.75) is 26.3 Å². The van der Waals surface area contributed by atoms with E-state index in [1.165, 1.54) is 6.08 Å². The summed E-state index contributed by atoms with van der Waals surface area (Å²) in [6.07, 6.45) is 5.46. The van der Waals surface area contributed by atoms with Crippen LogP contribution in [0.1, 0.15) is 30.6 Å². The number of aromatic amines is 1. The Morgan fingerprint density at radius 2 is 2.31 bits per heavy atom. The van der Waals surface area contributed by atoms with Gasteiger partial charge in [-0.3, -0.25) is 9.59 Å². The fourth-order valence-electron chi connectivity index (χ4n) is 3.27. The van der Waals surface area contributed by atoms with Crippen molar-refractivity contribution in [3.63, 3.8) is 0 Å². The number of piperidine rings is 1. The van der Waals surface area contributed by atoms with Gasteiger partial charge in [0, 0.05) is 31.9 Å². The Labute approximate surface area is 152 Å². The molecule has 0 aromatic carbocycles. The second-order valence-electron chi connectivity index (χ2n) is 6.52. The summed E-state index contributed by atoms with van der Waals surface area (Å²) in [5.74, 6) is 0.687. The zero-order chi connectivity index (χ0) is 18.7. The van der Waals surface area contributed by atoms with Crippen LogP contribution in [-0.4, -0.2) is 57.3 Å². The van der Waals surface area contributed by atoms with Gasteiger partial charge in [-0.2, -0.15) is 0 Å². The lowest BCUT2D eigenvalue weighted by molar-refractivity contribution is -0.127. The number of anilines is 1. The van der Waals surface area contributed by atoms with Crippen LogP contribution in [0.4, 0.5) is 5.82 Å². The average Bonchev–Trinajstić information content (AvgIpc) is 3.06. The highest BCUT2D eigenvalue weighted by Crippen LogP contribution is 2.22. The number of fused-ring (bicyclic) bond motifs is 1. The number of rotatable bonds is 5. The zero-order valence-corrected chi connectivity index (χ0v) is 15.1. The summed E-state index contributed by atoms with van der Waals surface area (Å²) in [4.78, 5) is 37.6. The summed E-state index contributed by atoms with van der Waals surface area (Å²) < 4.78 is 0. The van der Waals surface area contributed by atoms with Crippen LogP contribution in [0.2, 0.25) is 0 Å². The zero-order valence-electron chi connectivity index (χ0n) is 15.1. The van der Waals surface area contributed by atoms with E-state index in [4.69, 9.17) is 0 Å². The fourth-order valence-corrected chi connectivity index (χ4v) is 3.27. The molecule has 0 spiro atoms. The van der Waals surface area contributed by atoms with Gasteiger partial charge in [0.05, 0.1) is 11.8 Å². The molecule has 2 atom stereocenters. The van der Waals surface area contributed by atoms with E-state index in [-0.39, 0.29) is 23.8 Å². The molecular formula is C18H24N6O2. The lowest BCUT2D eigenvalue weighted by Crippen LogP contribution is -2.47. The molecule has 3 rings (SSSR count). The first-order valence-corrected chi connectivity index (χ1v) is 8.83. The number of amides is 2. The van der Waals surface area contributed by atoms with Gasteiger partial charge in [-0.25, -0.2) is 9.97 Å². The second kappa shape index (κ2) is 7.55. The van der Waals surface area contributed by atoms with Crippen molar-refractivity contribution in [3.05, 3.63) is 30.6 Å². The quantitative estimate of drug-likeness (QED) is 0.705. The third-order valence-electron chi connectivity index (χ3n) is 4.69. The van der Waals surface area contributed by atoms with Crippen molar-refractivity contribution in [2.24, 2.45) is 5.92 Å². The van der Waals surface area contributed by atoms with Gasteiger partial charge >= 0.3 is 0 Å². The molecule has 2 amide bonds. The van der Waals surface area contributed by atoms with Gasteiger partial charge in [0.1, 0.15) is 11.3 Å². The summed E-state index contributed by atoms with van der Waals surface area (Å²) in [7, 11) is 0. The van der Waals surface area contributed by atoms with Crippen molar-refractivity contribution >= 4 is 28.8 Å².